The molecule has 1 rings (SSSR count). The molecule has 0 spiro atoms. The Morgan fingerprint density at radius 1 is 1.32 bits per heavy atom. The lowest BCUT2D eigenvalue weighted by molar-refractivity contribution is 0.128. The molecule has 1 aromatic heterocycles. The SMILES string of the molecule is CCOCc1nc(NN)cc(NC(C)(C)COC)n1. The quantitative estimate of drug-likeness (QED) is 0.481. The molecular formula is C12H23N5O2. The molecule has 0 amide bonds. The van der Waals surface area contributed by atoms with Crippen molar-refractivity contribution in [1.82, 2.24) is 9.97 Å². The average Bonchev–Trinajstić information content (AvgIpc) is 2.35. The van der Waals surface area contributed by atoms with Crippen LogP contribution in [0, 0.1) is 0 Å². The van der Waals surface area contributed by atoms with E-state index >= 15 is 0 Å². The highest BCUT2D eigenvalue weighted by molar-refractivity contribution is 5.48. The summed E-state index contributed by atoms with van der Waals surface area (Å²) in [7, 11) is 1.66. The lowest BCUT2D eigenvalue weighted by Gasteiger charge is -2.26. The number of methoxy groups -OCH3 is 1. The number of hydrazine groups is 1. The molecule has 0 aliphatic carbocycles. The highest BCUT2D eigenvalue weighted by atomic mass is 16.5. The first kappa shape index (κ1) is 15.6. The fourth-order valence-electron chi connectivity index (χ4n) is 1.64. The van der Waals surface area contributed by atoms with Crippen LogP contribution in [0.1, 0.15) is 26.6 Å². The summed E-state index contributed by atoms with van der Waals surface area (Å²) in [5.74, 6) is 7.20. The van der Waals surface area contributed by atoms with Crippen LogP contribution in [0.2, 0.25) is 0 Å². The monoisotopic (exact) mass is 269 g/mol. The molecular weight excluding hydrogens is 246 g/mol. The highest BCUT2D eigenvalue weighted by Crippen LogP contribution is 2.16. The van der Waals surface area contributed by atoms with Gasteiger partial charge >= 0.3 is 0 Å². The minimum atomic E-state index is -0.238. The van der Waals surface area contributed by atoms with E-state index in [2.05, 4.69) is 20.7 Å². The number of ether oxygens (including phenoxy) is 2. The maximum absolute atomic E-state index is 5.41. The molecule has 0 radical (unpaired) electrons. The van der Waals surface area contributed by atoms with Gasteiger partial charge in [-0.3, -0.25) is 0 Å². The van der Waals surface area contributed by atoms with E-state index in [4.69, 9.17) is 15.3 Å². The predicted molar refractivity (Wildman–Crippen MR) is 74.7 cm³/mol. The van der Waals surface area contributed by atoms with Crippen molar-refractivity contribution in [2.45, 2.75) is 32.9 Å². The smallest absolute Gasteiger partial charge is 0.158 e. The van der Waals surface area contributed by atoms with Gasteiger partial charge in [0.1, 0.15) is 18.2 Å². The Morgan fingerprint density at radius 2 is 2.00 bits per heavy atom. The van der Waals surface area contributed by atoms with E-state index in [-0.39, 0.29) is 5.54 Å². The summed E-state index contributed by atoms with van der Waals surface area (Å²) in [6.45, 7) is 7.49. The van der Waals surface area contributed by atoms with Crippen LogP contribution < -0.4 is 16.6 Å². The second-order valence-electron chi connectivity index (χ2n) is 4.78. The van der Waals surface area contributed by atoms with Crippen molar-refractivity contribution in [1.29, 1.82) is 0 Å². The number of rotatable bonds is 8. The van der Waals surface area contributed by atoms with Gasteiger partial charge in [0.25, 0.3) is 0 Å². The van der Waals surface area contributed by atoms with Gasteiger partial charge in [-0.25, -0.2) is 15.8 Å². The van der Waals surface area contributed by atoms with Gasteiger partial charge in [0.05, 0.1) is 12.1 Å². The minimum absolute atomic E-state index is 0.238. The summed E-state index contributed by atoms with van der Waals surface area (Å²) in [5.41, 5.74) is 2.29. The van der Waals surface area contributed by atoms with Crippen molar-refractivity contribution >= 4 is 11.6 Å². The number of hydrogen-bond acceptors (Lipinski definition) is 7. The van der Waals surface area contributed by atoms with Gasteiger partial charge in [0.2, 0.25) is 0 Å². The predicted octanol–water partition coefficient (Wildman–Crippen LogP) is 1.14. The number of hydrogen-bond donors (Lipinski definition) is 3. The Morgan fingerprint density at radius 3 is 2.58 bits per heavy atom. The third-order valence-electron chi connectivity index (χ3n) is 2.33. The standard InChI is InChI=1S/C12H23N5O2/c1-5-19-7-11-14-9(6-10(15-11)17-13)16-12(2,3)8-18-4/h6H,5,7-8,13H2,1-4H3,(H2,14,15,16,17). The Kier molecular flexibility index (Phi) is 5.94. The molecule has 7 heteroatoms. The van der Waals surface area contributed by atoms with Crippen molar-refractivity contribution in [2.24, 2.45) is 5.84 Å². The van der Waals surface area contributed by atoms with Crippen LogP contribution in [0.5, 0.6) is 0 Å². The molecule has 0 atom stereocenters. The molecule has 0 aliphatic heterocycles. The summed E-state index contributed by atoms with van der Waals surface area (Å²) >= 11 is 0. The molecule has 108 valence electrons. The van der Waals surface area contributed by atoms with Crippen LogP contribution in [0.25, 0.3) is 0 Å². The highest BCUT2D eigenvalue weighted by Gasteiger charge is 2.18. The van der Waals surface area contributed by atoms with E-state index in [0.29, 0.717) is 37.3 Å². The van der Waals surface area contributed by atoms with Gasteiger partial charge in [-0.05, 0) is 20.8 Å². The van der Waals surface area contributed by atoms with E-state index in [0.717, 1.165) is 0 Å². The molecule has 0 bridgehead atoms. The Bertz CT molecular complexity index is 398. The molecule has 1 heterocycles. The second kappa shape index (κ2) is 7.22. The maximum atomic E-state index is 5.41. The third-order valence-corrected chi connectivity index (χ3v) is 2.33. The van der Waals surface area contributed by atoms with Crippen molar-refractivity contribution in [3.05, 3.63) is 11.9 Å². The second-order valence-corrected chi connectivity index (χ2v) is 4.78. The number of anilines is 2. The largest absolute Gasteiger partial charge is 0.382 e. The van der Waals surface area contributed by atoms with Crippen molar-refractivity contribution in [2.75, 3.05) is 31.1 Å². The Hall–Kier alpha value is -1.44. The molecule has 1 aromatic rings. The maximum Gasteiger partial charge on any atom is 0.158 e. The number of nitrogen functional groups attached to an aromatic ring is 1. The molecule has 0 saturated heterocycles. The first-order chi connectivity index (χ1) is 9.00. The molecule has 4 N–H and O–H groups in total. The normalized spacial score (nSPS) is 11.4. The van der Waals surface area contributed by atoms with E-state index in [1.165, 1.54) is 0 Å². The zero-order valence-corrected chi connectivity index (χ0v) is 12.0. The van der Waals surface area contributed by atoms with Crippen molar-refractivity contribution in [3.8, 4) is 0 Å². The van der Waals surface area contributed by atoms with Crippen LogP contribution >= 0.6 is 0 Å². The summed E-state index contributed by atoms with van der Waals surface area (Å²) < 4.78 is 10.5. The van der Waals surface area contributed by atoms with E-state index < -0.39 is 0 Å². The molecule has 7 nitrogen and oxygen atoms in total. The van der Waals surface area contributed by atoms with Gasteiger partial charge < -0.3 is 20.2 Å². The zero-order valence-electron chi connectivity index (χ0n) is 12.0. The fourth-order valence-corrected chi connectivity index (χ4v) is 1.64. The Labute approximate surface area is 113 Å². The number of nitrogens with one attached hydrogen (secondary N) is 2. The van der Waals surface area contributed by atoms with Gasteiger partial charge in [0.15, 0.2) is 5.82 Å². The zero-order chi connectivity index (χ0) is 14.3. The van der Waals surface area contributed by atoms with E-state index in [1.54, 1.807) is 13.2 Å². The molecule has 0 unspecified atom stereocenters. The van der Waals surface area contributed by atoms with Crippen LogP contribution in [0.3, 0.4) is 0 Å². The van der Waals surface area contributed by atoms with E-state index in [9.17, 15) is 0 Å². The minimum Gasteiger partial charge on any atom is -0.382 e. The number of nitrogens with two attached hydrogens (primary N) is 1. The topological polar surface area (TPSA) is 94.3 Å². The lowest BCUT2D eigenvalue weighted by atomic mass is 10.1. The number of aromatic nitrogens is 2. The molecule has 0 aromatic carbocycles. The van der Waals surface area contributed by atoms with Crippen LogP contribution in [-0.4, -0.2) is 35.8 Å². The lowest BCUT2D eigenvalue weighted by Crippen LogP contribution is -2.36. The summed E-state index contributed by atoms with van der Waals surface area (Å²) in [5, 5.41) is 3.28. The van der Waals surface area contributed by atoms with Gasteiger partial charge in [-0.2, -0.15) is 0 Å². The number of nitrogens with zero attached hydrogens (tertiary/aromatic N) is 2. The molecule has 0 aliphatic rings. The molecule has 19 heavy (non-hydrogen) atoms. The van der Waals surface area contributed by atoms with Crippen LogP contribution in [0.4, 0.5) is 11.6 Å². The average molecular weight is 269 g/mol. The molecule has 0 fully saturated rings. The Balaban J connectivity index is 2.87. The summed E-state index contributed by atoms with van der Waals surface area (Å²) in [4.78, 5) is 8.61. The van der Waals surface area contributed by atoms with Gasteiger partial charge in [-0.15, -0.1) is 0 Å². The van der Waals surface area contributed by atoms with Gasteiger partial charge in [0, 0.05) is 19.8 Å². The van der Waals surface area contributed by atoms with Crippen LogP contribution in [-0.2, 0) is 16.1 Å². The first-order valence-electron chi connectivity index (χ1n) is 6.20. The van der Waals surface area contributed by atoms with E-state index in [1.807, 2.05) is 20.8 Å². The van der Waals surface area contributed by atoms with Crippen LogP contribution in [0.15, 0.2) is 6.07 Å². The van der Waals surface area contributed by atoms with Crippen molar-refractivity contribution < 1.29 is 9.47 Å². The third kappa shape index (κ3) is 5.37. The van der Waals surface area contributed by atoms with Crippen molar-refractivity contribution in [3.63, 3.8) is 0 Å². The summed E-state index contributed by atoms with van der Waals surface area (Å²) in [6, 6.07) is 1.74. The van der Waals surface area contributed by atoms with Gasteiger partial charge in [-0.1, -0.05) is 0 Å². The first-order valence-corrected chi connectivity index (χ1v) is 6.20. The molecule has 0 saturated carbocycles. The summed E-state index contributed by atoms with van der Waals surface area (Å²) in [6.07, 6.45) is 0. The fraction of sp³-hybridized carbons (Fsp3) is 0.667.